The highest BCUT2D eigenvalue weighted by atomic mass is 35.5. The topological polar surface area (TPSA) is 134 Å². The molecule has 0 fully saturated rings. The number of hydrogen-bond acceptors (Lipinski definition) is 7. The molecule has 0 bridgehead atoms. The van der Waals surface area contributed by atoms with Crippen molar-refractivity contribution >= 4 is 23.2 Å². The standard InChI is InChI=1S/C19H17ClN6O/c1-26(5-6-27)19-16(11-23)17(15(10-22)18(24)25-19)13(9-21)7-12-3-2-4-14(20)8-12/h2-4,8,13,27H,5-7H2,1H3,(H2,24,25). The van der Waals surface area contributed by atoms with E-state index in [1.165, 1.54) is 0 Å². The fraction of sp³-hybridized carbons (Fsp3) is 0.263. The van der Waals surface area contributed by atoms with E-state index < -0.39 is 5.92 Å². The molecule has 8 heteroatoms. The Morgan fingerprint density at radius 2 is 1.96 bits per heavy atom. The first-order valence-electron chi connectivity index (χ1n) is 8.06. The van der Waals surface area contributed by atoms with Crippen molar-refractivity contribution in [3.05, 3.63) is 51.5 Å². The Balaban J connectivity index is 2.66. The number of nitrogens with two attached hydrogens (primary N) is 1. The minimum atomic E-state index is -0.792. The fourth-order valence-corrected chi connectivity index (χ4v) is 3.04. The van der Waals surface area contributed by atoms with E-state index in [-0.39, 0.29) is 47.9 Å². The van der Waals surface area contributed by atoms with Crippen LogP contribution in [0.5, 0.6) is 0 Å². The van der Waals surface area contributed by atoms with E-state index in [2.05, 4.69) is 11.1 Å². The highest BCUT2D eigenvalue weighted by Gasteiger charge is 2.27. The third-order valence-electron chi connectivity index (χ3n) is 4.10. The number of likely N-dealkylation sites (N-methyl/N-ethyl adjacent to an activating group) is 1. The zero-order chi connectivity index (χ0) is 20.0. The summed E-state index contributed by atoms with van der Waals surface area (Å²) in [5.41, 5.74) is 7.09. The van der Waals surface area contributed by atoms with E-state index >= 15 is 0 Å². The van der Waals surface area contributed by atoms with E-state index in [4.69, 9.17) is 17.3 Å². The van der Waals surface area contributed by atoms with Crippen LogP contribution in [0.2, 0.25) is 5.02 Å². The monoisotopic (exact) mass is 380 g/mol. The number of aromatic nitrogens is 1. The number of nitrogen functional groups attached to an aromatic ring is 1. The van der Waals surface area contributed by atoms with E-state index in [1.807, 2.05) is 18.2 Å². The van der Waals surface area contributed by atoms with Gasteiger partial charge in [0.25, 0.3) is 0 Å². The van der Waals surface area contributed by atoms with E-state index in [0.717, 1.165) is 5.56 Å². The summed E-state index contributed by atoms with van der Waals surface area (Å²) in [4.78, 5) is 5.71. The molecule has 1 atom stereocenters. The van der Waals surface area contributed by atoms with Crippen LogP contribution < -0.4 is 10.6 Å². The second-order valence-electron chi connectivity index (χ2n) is 5.87. The largest absolute Gasteiger partial charge is 0.395 e. The van der Waals surface area contributed by atoms with Crippen molar-refractivity contribution in [3.63, 3.8) is 0 Å². The number of halogens is 1. The second kappa shape index (κ2) is 8.87. The van der Waals surface area contributed by atoms with Gasteiger partial charge in [-0.15, -0.1) is 0 Å². The summed E-state index contributed by atoms with van der Waals surface area (Å²) in [7, 11) is 1.65. The maximum Gasteiger partial charge on any atom is 0.149 e. The predicted molar refractivity (Wildman–Crippen MR) is 102 cm³/mol. The molecule has 136 valence electrons. The van der Waals surface area contributed by atoms with Gasteiger partial charge in [0.05, 0.1) is 18.6 Å². The summed E-state index contributed by atoms with van der Waals surface area (Å²) in [6, 6.07) is 13.2. The van der Waals surface area contributed by atoms with Crippen molar-refractivity contribution in [2.45, 2.75) is 12.3 Å². The lowest BCUT2D eigenvalue weighted by Gasteiger charge is -2.22. The van der Waals surface area contributed by atoms with Gasteiger partial charge in [0.15, 0.2) is 0 Å². The highest BCUT2D eigenvalue weighted by Crippen LogP contribution is 2.34. The third kappa shape index (κ3) is 4.27. The van der Waals surface area contributed by atoms with E-state index in [9.17, 15) is 20.9 Å². The van der Waals surface area contributed by atoms with Gasteiger partial charge in [-0.2, -0.15) is 15.8 Å². The molecule has 1 aromatic heterocycles. The lowest BCUT2D eigenvalue weighted by molar-refractivity contribution is 0.304. The van der Waals surface area contributed by atoms with Crippen molar-refractivity contribution in [1.29, 1.82) is 15.8 Å². The van der Waals surface area contributed by atoms with E-state index in [1.54, 1.807) is 30.1 Å². The van der Waals surface area contributed by atoms with Crippen molar-refractivity contribution in [2.75, 3.05) is 30.8 Å². The van der Waals surface area contributed by atoms with Gasteiger partial charge in [-0.25, -0.2) is 4.98 Å². The minimum absolute atomic E-state index is 0.0151. The van der Waals surface area contributed by atoms with Crippen LogP contribution >= 0.6 is 11.6 Å². The first-order chi connectivity index (χ1) is 13.0. The first kappa shape index (κ1) is 20.0. The molecule has 0 amide bonds. The Labute approximate surface area is 162 Å². The molecule has 0 saturated carbocycles. The van der Waals surface area contributed by atoms with Crippen LogP contribution in [0.25, 0.3) is 0 Å². The Hall–Kier alpha value is -3.31. The molecule has 2 aromatic rings. The number of anilines is 2. The number of pyridine rings is 1. The first-order valence-corrected chi connectivity index (χ1v) is 8.44. The summed E-state index contributed by atoms with van der Waals surface area (Å²) < 4.78 is 0. The molecule has 0 aliphatic rings. The second-order valence-corrected chi connectivity index (χ2v) is 6.31. The lowest BCUT2D eigenvalue weighted by atomic mass is 9.87. The highest BCUT2D eigenvalue weighted by molar-refractivity contribution is 6.30. The molecule has 7 nitrogen and oxygen atoms in total. The van der Waals surface area contributed by atoms with Crippen molar-refractivity contribution in [2.24, 2.45) is 0 Å². The summed E-state index contributed by atoms with van der Waals surface area (Å²) in [5.74, 6) is -0.624. The molecule has 1 aromatic carbocycles. The van der Waals surface area contributed by atoms with Gasteiger partial charge >= 0.3 is 0 Å². The molecule has 0 saturated heterocycles. The number of hydrogen-bond donors (Lipinski definition) is 2. The molecule has 27 heavy (non-hydrogen) atoms. The average Bonchev–Trinajstić information content (AvgIpc) is 2.65. The predicted octanol–water partition coefficient (Wildman–Crippen LogP) is 2.34. The summed E-state index contributed by atoms with van der Waals surface area (Å²) in [5, 5.41) is 38.7. The Bertz CT molecular complexity index is 970. The van der Waals surface area contributed by atoms with Crippen molar-refractivity contribution in [3.8, 4) is 18.2 Å². The molecular formula is C19H17ClN6O. The Morgan fingerprint density at radius 1 is 1.26 bits per heavy atom. The number of nitrogens with zero attached hydrogens (tertiary/aromatic N) is 5. The number of nitriles is 3. The van der Waals surface area contributed by atoms with Gasteiger partial charge in [0.1, 0.15) is 34.9 Å². The van der Waals surface area contributed by atoms with Crippen LogP contribution in [0, 0.1) is 34.0 Å². The van der Waals surface area contributed by atoms with Gasteiger partial charge < -0.3 is 15.7 Å². The number of benzene rings is 1. The normalized spacial score (nSPS) is 11.1. The maximum absolute atomic E-state index is 9.76. The molecule has 0 aliphatic carbocycles. The SMILES string of the molecule is CN(CCO)c1nc(N)c(C#N)c(C(C#N)Cc2cccc(Cl)c2)c1C#N. The van der Waals surface area contributed by atoms with Gasteiger partial charge in [-0.05, 0) is 24.1 Å². The lowest BCUT2D eigenvalue weighted by Crippen LogP contribution is -2.25. The zero-order valence-corrected chi connectivity index (χ0v) is 15.4. The molecule has 0 spiro atoms. The van der Waals surface area contributed by atoms with Gasteiger partial charge in [-0.3, -0.25) is 0 Å². The van der Waals surface area contributed by atoms with Gasteiger partial charge in [-0.1, -0.05) is 23.7 Å². The number of aliphatic hydroxyl groups excluding tert-OH is 1. The third-order valence-corrected chi connectivity index (χ3v) is 4.33. The van der Waals surface area contributed by atoms with E-state index in [0.29, 0.717) is 5.02 Å². The Morgan fingerprint density at radius 3 is 2.52 bits per heavy atom. The van der Waals surface area contributed by atoms with Crippen molar-refractivity contribution in [1.82, 2.24) is 4.98 Å². The fourth-order valence-electron chi connectivity index (χ4n) is 2.83. The van der Waals surface area contributed by atoms with Crippen LogP contribution in [0.3, 0.4) is 0 Å². The van der Waals surface area contributed by atoms with Crippen LogP contribution in [-0.4, -0.2) is 30.3 Å². The molecule has 3 N–H and O–H groups in total. The summed E-state index contributed by atoms with van der Waals surface area (Å²) in [6.07, 6.45) is 0.257. The van der Waals surface area contributed by atoms with Crippen molar-refractivity contribution < 1.29 is 5.11 Å². The average molecular weight is 381 g/mol. The zero-order valence-electron chi connectivity index (χ0n) is 14.6. The van der Waals surface area contributed by atoms with Crippen LogP contribution in [0.15, 0.2) is 24.3 Å². The molecule has 1 heterocycles. The molecular weight excluding hydrogens is 364 g/mol. The Kier molecular flexibility index (Phi) is 6.57. The molecule has 0 radical (unpaired) electrons. The van der Waals surface area contributed by atoms with Gasteiger partial charge in [0, 0.05) is 24.2 Å². The van der Waals surface area contributed by atoms with Crippen LogP contribution in [0.4, 0.5) is 11.6 Å². The summed E-state index contributed by atoms with van der Waals surface area (Å²) >= 11 is 6.01. The maximum atomic E-state index is 9.76. The molecule has 2 rings (SSSR count). The number of rotatable bonds is 6. The molecule has 0 aliphatic heterocycles. The summed E-state index contributed by atoms with van der Waals surface area (Å²) in [6.45, 7) is 0.0699. The quantitative estimate of drug-likeness (QED) is 0.785. The smallest absolute Gasteiger partial charge is 0.149 e. The van der Waals surface area contributed by atoms with Crippen LogP contribution in [0.1, 0.15) is 28.2 Å². The van der Waals surface area contributed by atoms with Crippen LogP contribution in [-0.2, 0) is 6.42 Å². The van der Waals surface area contributed by atoms with Gasteiger partial charge in [0.2, 0.25) is 0 Å². The number of aliphatic hydroxyl groups is 1. The minimum Gasteiger partial charge on any atom is -0.395 e. The molecule has 1 unspecified atom stereocenters.